The zero-order valence-electron chi connectivity index (χ0n) is 11.6. The molecule has 2 rings (SSSR count). The molecule has 0 aromatic carbocycles. The average Bonchev–Trinajstić information content (AvgIpc) is 2.85. The van der Waals surface area contributed by atoms with Crippen molar-refractivity contribution in [2.75, 3.05) is 18.1 Å². The molecule has 1 N–H and O–H groups in total. The molecule has 1 fully saturated rings. The molecule has 1 aromatic heterocycles. The molecule has 1 aliphatic rings. The van der Waals surface area contributed by atoms with Gasteiger partial charge in [0.25, 0.3) is 0 Å². The summed E-state index contributed by atoms with van der Waals surface area (Å²) >= 11 is 1.69. The van der Waals surface area contributed by atoms with Crippen LogP contribution in [0.25, 0.3) is 0 Å². The number of hydrogen-bond acceptors (Lipinski definition) is 5. The fourth-order valence-corrected chi connectivity index (χ4v) is 5.43. The Morgan fingerprint density at radius 3 is 2.89 bits per heavy atom. The van der Waals surface area contributed by atoms with Crippen LogP contribution in [0.2, 0.25) is 0 Å². The van der Waals surface area contributed by atoms with Crippen LogP contribution in [0.4, 0.5) is 0 Å². The van der Waals surface area contributed by atoms with Crippen molar-refractivity contribution in [2.24, 2.45) is 5.92 Å². The van der Waals surface area contributed by atoms with Crippen molar-refractivity contribution in [3.8, 4) is 0 Å². The smallest absolute Gasteiger partial charge is 0.150 e. The van der Waals surface area contributed by atoms with Crippen molar-refractivity contribution in [1.29, 1.82) is 0 Å². The van der Waals surface area contributed by atoms with E-state index in [1.54, 1.807) is 11.3 Å². The third-order valence-electron chi connectivity index (χ3n) is 3.52. The van der Waals surface area contributed by atoms with Gasteiger partial charge in [0.05, 0.1) is 16.5 Å². The van der Waals surface area contributed by atoms with Gasteiger partial charge in [-0.15, -0.1) is 11.3 Å². The quantitative estimate of drug-likeness (QED) is 0.870. The lowest BCUT2D eigenvalue weighted by Crippen LogP contribution is -2.33. The molecule has 1 aromatic rings. The van der Waals surface area contributed by atoms with Gasteiger partial charge in [-0.1, -0.05) is 6.92 Å². The summed E-state index contributed by atoms with van der Waals surface area (Å²) in [4.78, 5) is 4.50. The minimum Gasteiger partial charge on any atom is -0.314 e. The molecular weight excluding hydrogens is 280 g/mol. The van der Waals surface area contributed by atoms with E-state index >= 15 is 0 Å². The highest BCUT2D eigenvalue weighted by atomic mass is 32.2. The number of likely N-dealkylation sites (N-methyl/N-ethyl adjacent to an activating group) is 1. The van der Waals surface area contributed by atoms with Gasteiger partial charge in [0.1, 0.15) is 0 Å². The number of hydrogen-bond donors (Lipinski definition) is 1. The van der Waals surface area contributed by atoms with Crippen LogP contribution in [0.5, 0.6) is 0 Å². The number of aryl methyl sites for hydroxylation is 1. The summed E-state index contributed by atoms with van der Waals surface area (Å²) in [6, 6.07) is 0.342. The maximum atomic E-state index is 11.5. The summed E-state index contributed by atoms with van der Waals surface area (Å²) in [5.41, 5.74) is 1.07. The molecule has 1 aliphatic heterocycles. The van der Waals surface area contributed by atoms with Crippen LogP contribution in [0.1, 0.15) is 30.5 Å². The molecule has 19 heavy (non-hydrogen) atoms. The third kappa shape index (κ3) is 4.54. The highest BCUT2D eigenvalue weighted by Gasteiger charge is 2.29. The molecule has 0 amide bonds. The van der Waals surface area contributed by atoms with Crippen molar-refractivity contribution in [1.82, 2.24) is 10.3 Å². The van der Waals surface area contributed by atoms with Crippen molar-refractivity contribution in [3.05, 3.63) is 16.1 Å². The first-order chi connectivity index (χ1) is 8.98. The number of aromatic nitrogens is 1. The topological polar surface area (TPSA) is 59.1 Å². The summed E-state index contributed by atoms with van der Waals surface area (Å²) in [5.74, 6) is 1.05. The first kappa shape index (κ1) is 14.9. The van der Waals surface area contributed by atoms with E-state index in [4.69, 9.17) is 0 Å². The van der Waals surface area contributed by atoms with Crippen LogP contribution in [0.15, 0.2) is 5.38 Å². The number of nitrogens with one attached hydrogen (secondary N) is 1. The Morgan fingerprint density at radius 2 is 2.37 bits per heavy atom. The Kier molecular flexibility index (Phi) is 4.97. The molecule has 4 nitrogen and oxygen atoms in total. The largest absolute Gasteiger partial charge is 0.314 e. The summed E-state index contributed by atoms with van der Waals surface area (Å²) in [5, 5.41) is 6.68. The highest BCUT2D eigenvalue weighted by Crippen LogP contribution is 2.24. The molecule has 0 radical (unpaired) electrons. The minimum atomic E-state index is -2.77. The summed E-state index contributed by atoms with van der Waals surface area (Å²) in [6.07, 6.45) is 2.66. The van der Waals surface area contributed by atoms with Crippen LogP contribution in [-0.4, -0.2) is 37.5 Å². The normalized spacial score (nSPS) is 23.6. The standard InChI is InChI=1S/C13H22N2O2S2/c1-3-14-12(7-13-15-10(2)8-18-13)6-11-4-5-19(16,17)9-11/h8,11-12,14H,3-7,9H2,1-2H3. The Bertz CT molecular complexity index is 510. The molecule has 2 unspecified atom stereocenters. The van der Waals surface area contributed by atoms with E-state index in [9.17, 15) is 8.42 Å². The second kappa shape index (κ2) is 6.33. The molecule has 108 valence electrons. The van der Waals surface area contributed by atoms with Crippen LogP contribution < -0.4 is 5.32 Å². The Hall–Kier alpha value is -0.460. The molecule has 2 atom stereocenters. The van der Waals surface area contributed by atoms with E-state index in [0.717, 1.165) is 36.5 Å². The van der Waals surface area contributed by atoms with Crippen LogP contribution in [0.3, 0.4) is 0 Å². The van der Waals surface area contributed by atoms with Gasteiger partial charge in [0, 0.05) is 23.5 Å². The monoisotopic (exact) mass is 302 g/mol. The Labute approximate surface area is 119 Å². The van der Waals surface area contributed by atoms with Crippen molar-refractivity contribution >= 4 is 21.2 Å². The van der Waals surface area contributed by atoms with E-state index in [1.807, 2.05) is 6.92 Å². The lowest BCUT2D eigenvalue weighted by molar-refractivity contribution is 0.409. The lowest BCUT2D eigenvalue weighted by atomic mass is 9.97. The summed E-state index contributed by atoms with van der Waals surface area (Å²) in [7, 11) is -2.77. The molecule has 6 heteroatoms. The maximum Gasteiger partial charge on any atom is 0.150 e. The maximum absolute atomic E-state index is 11.5. The number of sulfone groups is 1. The minimum absolute atomic E-state index is 0.315. The third-order valence-corrected chi connectivity index (χ3v) is 6.35. The lowest BCUT2D eigenvalue weighted by Gasteiger charge is -2.19. The molecular formula is C13H22N2O2S2. The average molecular weight is 302 g/mol. The first-order valence-electron chi connectivity index (χ1n) is 6.83. The van der Waals surface area contributed by atoms with Gasteiger partial charge in [-0.3, -0.25) is 0 Å². The van der Waals surface area contributed by atoms with Crippen molar-refractivity contribution in [3.63, 3.8) is 0 Å². The van der Waals surface area contributed by atoms with Gasteiger partial charge in [0.2, 0.25) is 0 Å². The van der Waals surface area contributed by atoms with Crippen LogP contribution >= 0.6 is 11.3 Å². The number of rotatable bonds is 6. The van der Waals surface area contributed by atoms with E-state index in [1.165, 1.54) is 0 Å². The predicted octanol–water partition coefficient (Wildman–Crippen LogP) is 1.80. The molecule has 0 aliphatic carbocycles. The zero-order valence-corrected chi connectivity index (χ0v) is 13.2. The fraction of sp³-hybridized carbons (Fsp3) is 0.769. The second-order valence-corrected chi connectivity index (χ2v) is 8.52. The Balaban J connectivity index is 1.93. The van der Waals surface area contributed by atoms with Gasteiger partial charge in [-0.05, 0) is 32.2 Å². The number of thiazole rings is 1. The molecule has 0 saturated carbocycles. The van der Waals surface area contributed by atoms with Gasteiger partial charge in [0.15, 0.2) is 9.84 Å². The van der Waals surface area contributed by atoms with Crippen LogP contribution in [0, 0.1) is 12.8 Å². The predicted molar refractivity (Wildman–Crippen MR) is 79.4 cm³/mol. The van der Waals surface area contributed by atoms with Crippen molar-refractivity contribution < 1.29 is 8.42 Å². The molecule has 2 heterocycles. The summed E-state index contributed by atoms with van der Waals surface area (Å²) in [6.45, 7) is 5.01. The van der Waals surface area contributed by atoms with E-state index < -0.39 is 9.84 Å². The summed E-state index contributed by atoms with van der Waals surface area (Å²) < 4.78 is 23.0. The highest BCUT2D eigenvalue weighted by molar-refractivity contribution is 7.91. The van der Waals surface area contributed by atoms with Crippen LogP contribution in [-0.2, 0) is 16.3 Å². The first-order valence-corrected chi connectivity index (χ1v) is 9.53. The van der Waals surface area contributed by atoms with E-state index in [-0.39, 0.29) is 0 Å². The second-order valence-electron chi connectivity index (χ2n) is 5.35. The molecule has 0 bridgehead atoms. The number of nitrogens with zero attached hydrogens (tertiary/aromatic N) is 1. The van der Waals surface area contributed by atoms with Crippen molar-refractivity contribution in [2.45, 2.75) is 39.2 Å². The SMILES string of the molecule is CCNC(Cc1nc(C)cs1)CC1CCS(=O)(=O)C1. The fourth-order valence-electron chi connectivity index (χ4n) is 2.70. The zero-order chi connectivity index (χ0) is 13.9. The van der Waals surface area contributed by atoms with Gasteiger partial charge < -0.3 is 5.32 Å². The molecule has 1 saturated heterocycles. The molecule has 0 spiro atoms. The van der Waals surface area contributed by atoms with E-state index in [2.05, 4.69) is 22.6 Å². The van der Waals surface area contributed by atoms with E-state index in [0.29, 0.717) is 23.5 Å². The van der Waals surface area contributed by atoms with Gasteiger partial charge in [-0.2, -0.15) is 0 Å². The van der Waals surface area contributed by atoms with Gasteiger partial charge in [-0.25, -0.2) is 13.4 Å². The Morgan fingerprint density at radius 1 is 1.58 bits per heavy atom. The van der Waals surface area contributed by atoms with Gasteiger partial charge >= 0.3 is 0 Å².